The summed E-state index contributed by atoms with van der Waals surface area (Å²) in [5.74, 6) is -0.691. The Morgan fingerprint density at radius 2 is 2.08 bits per heavy atom. The lowest BCUT2D eigenvalue weighted by Gasteiger charge is -2.18. The van der Waals surface area contributed by atoms with E-state index in [0.29, 0.717) is 22.2 Å². The van der Waals surface area contributed by atoms with Gasteiger partial charge in [-0.3, -0.25) is 9.78 Å². The second kappa shape index (κ2) is 5.77. The molecule has 126 valence electrons. The van der Waals surface area contributed by atoms with Gasteiger partial charge in [0.15, 0.2) is 0 Å². The first-order valence-electron chi connectivity index (χ1n) is 7.82. The van der Waals surface area contributed by atoms with Gasteiger partial charge in [0, 0.05) is 17.1 Å². The van der Waals surface area contributed by atoms with Crippen molar-refractivity contribution < 1.29 is 23.8 Å². The molecule has 2 aliphatic heterocycles. The minimum absolute atomic E-state index is 0.207. The van der Waals surface area contributed by atoms with E-state index >= 15 is 0 Å². The molecule has 0 saturated carbocycles. The topological polar surface area (TPSA) is 80.7 Å². The highest BCUT2D eigenvalue weighted by Crippen LogP contribution is 2.27. The van der Waals surface area contributed by atoms with Crippen molar-refractivity contribution in [2.24, 2.45) is 0 Å². The van der Waals surface area contributed by atoms with Crippen molar-refractivity contribution in [2.75, 3.05) is 13.2 Å². The number of aliphatic hydroxyl groups is 1. The largest absolute Gasteiger partial charge is 0.388 e. The summed E-state index contributed by atoms with van der Waals surface area (Å²) in [6.07, 6.45) is -1.42. The number of fused-ring (bicyclic) bond motifs is 2. The van der Waals surface area contributed by atoms with E-state index < -0.39 is 18.0 Å². The van der Waals surface area contributed by atoms with Crippen LogP contribution >= 0.6 is 0 Å². The Kier molecular flexibility index (Phi) is 3.71. The average Bonchev–Trinajstić information content (AvgIpc) is 3.10. The van der Waals surface area contributed by atoms with E-state index in [0.717, 1.165) is 0 Å². The standard InChI is InChI=1S/C17H17FN2O4/c1-8-4-11(10-3-2-9(18)5-12(10)19-8)17(22)20-13-6-23-16-14(21)7-24-15(13)16/h2-5,13-16,21H,6-7H2,1H3,(H,20,22)/t13-,14-,15-,16-/m1/s1. The van der Waals surface area contributed by atoms with E-state index in [1.54, 1.807) is 19.1 Å². The highest BCUT2D eigenvalue weighted by Gasteiger charge is 2.47. The molecule has 0 spiro atoms. The summed E-state index contributed by atoms with van der Waals surface area (Å²) in [4.78, 5) is 17.0. The number of nitrogens with one attached hydrogen (secondary N) is 1. The third-order valence-electron chi connectivity index (χ3n) is 4.49. The Hall–Kier alpha value is -2.09. The first-order valence-corrected chi connectivity index (χ1v) is 7.82. The van der Waals surface area contributed by atoms with Gasteiger partial charge in [-0.2, -0.15) is 0 Å². The van der Waals surface area contributed by atoms with E-state index in [1.165, 1.54) is 12.1 Å². The van der Waals surface area contributed by atoms with E-state index in [4.69, 9.17) is 9.47 Å². The molecule has 2 aromatic rings. The average molecular weight is 332 g/mol. The number of rotatable bonds is 2. The van der Waals surface area contributed by atoms with Crippen molar-refractivity contribution >= 4 is 16.8 Å². The number of aromatic nitrogens is 1. The van der Waals surface area contributed by atoms with Gasteiger partial charge in [-0.1, -0.05) is 0 Å². The van der Waals surface area contributed by atoms with Gasteiger partial charge in [-0.25, -0.2) is 4.39 Å². The highest BCUT2D eigenvalue weighted by atomic mass is 19.1. The molecule has 1 aromatic heterocycles. The Labute approximate surface area is 137 Å². The summed E-state index contributed by atoms with van der Waals surface area (Å²) in [6.45, 7) is 2.25. The second-order valence-corrected chi connectivity index (χ2v) is 6.22. The molecule has 0 unspecified atom stereocenters. The highest BCUT2D eigenvalue weighted by molar-refractivity contribution is 6.06. The van der Waals surface area contributed by atoms with E-state index in [2.05, 4.69) is 10.3 Å². The van der Waals surface area contributed by atoms with Crippen LogP contribution in [0.2, 0.25) is 0 Å². The molecule has 2 N–H and O–H groups in total. The van der Waals surface area contributed by atoms with Crippen LogP contribution in [0, 0.1) is 12.7 Å². The summed E-state index contributed by atoms with van der Waals surface area (Å²) in [5.41, 5.74) is 1.50. The van der Waals surface area contributed by atoms with Crippen LogP contribution in [0.1, 0.15) is 16.1 Å². The van der Waals surface area contributed by atoms with Crippen LogP contribution in [-0.2, 0) is 9.47 Å². The lowest BCUT2D eigenvalue weighted by atomic mass is 10.0. The molecule has 1 amide bonds. The lowest BCUT2D eigenvalue weighted by molar-refractivity contribution is 0.0178. The second-order valence-electron chi connectivity index (χ2n) is 6.22. The van der Waals surface area contributed by atoms with Crippen LogP contribution in [0.3, 0.4) is 0 Å². The molecular formula is C17H17FN2O4. The summed E-state index contributed by atoms with van der Waals surface area (Å²) >= 11 is 0. The van der Waals surface area contributed by atoms with Crippen molar-refractivity contribution in [1.29, 1.82) is 0 Å². The van der Waals surface area contributed by atoms with Gasteiger partial charge in [0.2, 0.25) is 0 Å². The Morgan fingerprint density at radius 1 is 1.29 bits per heavy atom. The van der Waals surface area contributed by atoms with Crippen molar-refractivity contribution in [2.45, 2.75) is 31.3 Å². The fourth-order valence-corrected chi connectivity index (χ4v) is 3.37. The summed E-state index contributed by atoms with van der Waals surface area (Å²) in [6, 6.07) is 5.51. The fraction of sp³-hybridized carbons (Fsp3) is 0.412. The zero-order valence-electron chi connectivity index (χ0n) is 13.0. The number of aryl methyl sites for hydroxylation is 1. The molecule has 6 nitrogen and oxygen atoms in total. The Morgan fingerprint density at radius 3 is 2.92 bits per heavy atom. The molecule has 2 saturated heterocycles. The van der Waals surface area contributed by atoms with Crippen molar-refractivity contribution in [3.63, 3.8) is 0 Å². The zero-order chi connectivity index (χ0) is 16.8. The maximum absolute atomic E-state index is 13.4. The van der Waals surface area contributed by atoms with E-state index in [-0.39, 0.29) is 31.3 Å². The number of amides is 1. The molecule has 4 atom stereocenters. The third-order valence-corrected chi connectivity index (χ3v) is 4.49. The van der Waals surface area contributed by atoms with E-state index in [9.17, 15) is 14.3 Å². The maximum atomic E-state index is 13.4. The molecule has 3 heterocycles. The van der Waals surface area contributed by atoms with Crippen LogP contribution in [0.25, 0.3) is 10.9 Å². The van der Waals surface area contributed by atoms with Crippen LogP contribution < -0.4 is 5.32 Å². The molecule has 4 rings (SSSR count). The zero-order valence-corrected chi connectivity index (χ0v) is 13.0. The number of benzene rings is 1. The Bertz CT molecular complexity index is 807. The molecule has 0 aliphatic carbocycles. The minimum atomic E-state index is -0.663. The number of ether oxygens (including phenoxy) is 2. The van der Waals surface area contributed by atoms with Crippen molar-refractivity contribution in [1.82, 2.24) is 10.3 Å². The lowest BCUT2D eigenvalue weighted by Crippen LogP contribution is -2.44. The molecule has 0 bridgehead atoms. The molecule has 2 aliphatic rings. The quantitative estimate of drug-likeness (QED) is 0.855. The third kappa shape index (κ3) is 2.54. The number of hydrogen-bond donors (Lipinski definition) is 2. The maximum Gasteiger partial charge on any atom is 0.252 e. The van der Waals surface area contributed by atoms with Crippen LogP contribution in [0.15, 0.2) is 24.3 Å². The molecular weight excluding hydrogens is 315 g/mol. The van der Waals surface area contributed by atoms with E-state index in [1.807, 2.05) is 0 Å². The van der Waals surface area contributed by atoms with Crippen LogP contribution in [0.4, 0.5) is 4.39 Å². The predicted octanol–water partition coefficient (Wildman–Crippen LogP) is 0.939. The monoisotopic (exact) mass is 332 g/mol. The molecule has 2 fully saturated rings. The molecule has 7 heteroatoms. The predicted molar refractivity (Wildman–Crippen MR) is 83.2 cm³/mol. The SMILES string of the molecule is Cc1cc(C(=O)N[C@@H]2CO[C@H]3[C@@H]2OC[C@H]3O)c2ccc(F)cc2n1. The number of hydrogen-bond acceptors (Lipinski definition) is 5. The summed E-state index contributed by atoms with van der Waals surface area (Å²) < 4.78 is 24.4. The van der Waals surface area contributed by atoms with Gasteiger partial charge in [0.25, 0.3) is 5.91 Å². The normalized spacial score (nSPS) is 29.0. The van der Waals surface area contributed by atoms with Gasteiger partial charge in [-0.05, 0) is 25.1 Å². The number of halogens is 1. The Balaban J connectivity index is 1.62. The number of carbonyl (C=O) groups is 1. The van der Waals surface area contributed by atoms with Gasteiger partial charge in [0.1, 0.15) is 24.1 Å². The summed E-state index contributed by atoms with van der Waals surface area (Å²) in [7, 11) is 0. The van der Waals surface area contributed by atoms with Crippen LogP contribution in [0.5, 0.6) is 0 Å². The van der Waals surface area contributed by atoms with Gasteiger partial charge >= 0.3 is 0 Å². The first-order chi connectivity index (χ1) is 11.5. The van der Waals surface area contributed by atoms with Gasteiger partial charge in [-0.15, -0.1) is 0 Å². The number of nitrogens with zero attached hydrogens (tertiary/aromatic N) is 1. The van der Waals surface area contributed by atoms with Gasteiger partial charge < -0.3 is 19.9 Å². The summed E-state index contributed by atoms with van der Waals surface area (Å²) in [5, 5.41) is 13.3. The molecule has 24 heavy (non-hydrogen) atoms. The van der Waals surface area contributed by atoms with Crippen LogP contribution in [-0.4, -0.2) is 53.6 Å². The number of aliphatic hydroxyl groups excluding tert-OH is 1. The van der Waals surface area contributed by atoms with Crippen molar-refractivity contribution in [3.8, 4) is 0 Å². The first kappa shape index (κ1) is 15.4. The smallest absolute Gasteiger partial charge is 0.252 e. The van der Waals surface area contributed by atoms with Crippen molar-refractivity contribution in [3.05, 3.63) is 41.3 Å². The molecule has 0 radical (unpaired) electrons. The van der Waals surface area contributed by atoms with Gasteiger partial charge in [0.05, 0.1) is 30.3 Å². The number of carbonyl (C=O) groups excluding carboxylic acids is 1. The number of pyridine rings is 1. The fourth-order valence-electron chi connectivity index (χ4n) is 3.37. The minimum Gasteiger partial charge on any atom is -0.388 e. The molecule has 1 aromatic carbocycles.